The number of carbonyl (C=O) groups excluding carboxylic acids is 1. The SMILES string of the molecule is Cc1oc([C@@H]2CCCN(C(=O)c3ccccc3C3(C#N)CC3)C2)nc1C(C)(C)O. The van der Waals surface area contributed by atoms with E-state index in [1.165, 1.54) is 0 Å². The zero-order valence-electron chi connectivity index (χ0n) is 17.2. The molecule has 1 atom stereocenters. The number of aliphatic hydroxyl groups is 1. The van der Waals surface area contributed by atoms with Gasteiger partial charge in [-0.15, -0.1) is 0 Å². The lowest BCUT2D eigenvalue weighted by Gasteiger charge is -2.32. The maximum atomic E-state index is 13.3. The van der Waals surface area contributed by atoms with E-state index in [9.17, 15) is 15.2 Å². The van der Waals surface area contributed by atoms with Gasteiger partial charge >= 0.3 is 0 Å². The Hall–Kier alpha value is -2.65. The van der Waals surface area contributed by atoms with E-state index < -0.39 is 11.0 Å². The van der Waals surface area contributed by atoms with E-state index in [4.69, 9.17) is 4.42 Å². The Morgan fingerprint density at radius 2 is 2.10 bits per heavy atom. The monoisotopic (exact) mass is 393 g/mol. The number of amides is 1. The first-order valence-electron chi connectivity index (χ1n) is 10.3. The molecule has 1 N–H and O–H groups in total. The van der Waals surface area contributed by atoms with Crippen molar-refractivity contribution in [3.8, 4) is 6.07 Å². The number of aryl methyl sites for hydroxylation is 1. The smallest absolute Gasteiger partial charge is 0.254 e. The van der Waals surface area contributed by atoms with Crippen LogP contribution in [-0.4, -0.2) is 34.0 Å². The van der Waals surface area contributed by atoms with Crippen LogP contribution in [0.1, 0.15) is 78.7 Å². The Balaban J connectivity index is 1.57. The molecule has 1 saturated carbocycles. The third-order valence-corrected chi connectivity index (χ3v) is 6.09. The van der Waals surface area contributed by atoms with Crippen molar-refractivity contribution in [2.24, 2.45) is 0 Å². The Morgan fingerprint density at radius 3 is 2.72 bits per heavy atom. The van der Waals surface area contributed by atoms with Crippen LogP contribution in [0.2, 0.25) is 0 Å². The van der Waals surface area contributed by atoms with Crippen molar-refractivity contribution in [2.75, 3.05) is 13.1 Å². The van der Waals surface area contributed by atoms with E-state index in [0.717, 1.165) is 31.2 Å². The topological polar surface area (TPSA) is 90.4 Å². The van der Waals surface area contributed by atoms with Crippen molar-refractivity contribution in [1.82, 2.24) is 9.88 Å². The number of aromatic nitrogens is 1. The number of rotatable bonds is 4. The molecule has 6 nitrogen and oxygen atoms in total. The van der Waals surface area contributed by atoms with Crippen LogP contribution < -0.4 is 0 Å². The second kappa shape index (κ2) is 7.00. The predicted octanol–water partition coefficient (Wildman–Crippen LogP) is 3.79. The van der Waals surface area contributed by atoms with Gasteiger partial charge in [-0.05, 0) is 58.1 Å². The molecular weight excluding hydrogens is 366 g/mol. The van der Waals surface area contributed by atoms with Gasteiger partial charge in [-0.3, -0.25) is 4.79 Å². The maximum absolute atomic E-state index is 13.3. The summed E-state index contributed by atoms with van der Waals surface area (Å²) in [6, 6.07) is 9.91. The first-order chi connectivity index (χ1) is 13.7. The fraction of sp³-hybridized carbons (Fsp3) is 0.522. The molecule has 29 heavy (non-hydrogen) atoms. The van der Waals surface area contributed by atoms with E-state index in [2.05, 4.69) is 11.1 Å². The van der Waals surface area contributed by atoms with Gasteiger partial charge in [0.2, 0.25) is 0 Å². The fourth-order valence-electron chi connectivity index (χ4n) is 4.35. The van der Waals surface area contributed by atoms with Gasteiger partial charge in [0.25, 0.3) is 5.91 Å². The molecule has 0 unspecified atom stereocenters. The minimum Gasteiger partial charge on any atom is -0.445 e. The average molecular weight is 393 g/mol. The summed E-state index contributed by atoms with van der Waals surface area (Å²) in [6.07, 6.45) is 3.37. The van der Waals surface area contributed by atoms with Crippen LogP contribution in [0.5, 0.6) is 0 Å². The van der Waals surface area contributed by atoms with Crippen LogP contribution in [0.4, 0.5) is 0 Å². The number of nitriles is 1. The number of likely N-dealkylation sites (tertiary alicyclic amines) is 1. The first kappa shape index (κ1) is 19.7. The van der Waals surface area contributed by atoms with Crippen molar-refractivity contribution >= 4 is 5.91 Å². The molecule has 6 heteroatoms. The normalized spacial score (nSPS) is 20.9. The van der Waals surface area contributed by atoms with Crippen molar-refractivity contribution < 1.29 is 14.3 Å². The largest absolute Gasteiger partial charge is 0.445 e. The fourth-order valence-corrected chi connectivity index (χ4v) is 4.35. The minimum absolute atomic E-state index is 0.000476. The summed E-state index contributed by atoms with van der Waals surface area (Å²) >= 11 is 0. The van der Waals surface area contributed by atoms with Gasteiger partial charge < -0.3 is 14.4 Å². The van der Waals surface area contributed by atoms with Crippen molar-refractivity contribution in [3.63, 3.8) is 0 Å². The number of piperidine rings is 1. The molecule has 1 aliphatic carbocycles. The molecule has 2 aliphatic rings. The van der Waals surface area contributed by atoms with Crippen molar-refractivity contribution in [2.45, 2.75) is 63.4 Å². The lowest BCUT2D eigenvalue weighted by Crippen LogP contribution is -2.40. The van der Waals surface area contributed by atoms with Gasteiger partial charge in [0, 0.05) is 18.7 Å². The number of benzene rings is 1. The van der Waals surface area contributed by atoms with Gasteiger partial charge in [-0.25, -0.2) is 4.98 Å². The molecule has 0 spiro atoms. The predicted molar refractivity (Wildman–Crippen MR) is 107 cm³/mol. The van der Waals surface area contributed by atoms with E-state index in [-0.39, 0.29) is 11.8 Å². The Labute approximate surface area is 171 Å². The highest BCUT2D eigenvalue weighted by Crippen LogP contribution is 2.49. The van der Waals surface area contributed by atoms with E-state index in [1.54, 1.807) is 13.8 Å². The summed E-state index contributed by atoms with van der Waals surface area (Å²) < 4.78 is 5.87. The third kappa shape index (κ3) is 3.56. The van der Waals surface area contributed by atoms with Crippen LogP contribution in [0.15, 0.2) is 28.7 Å². The van der Waals surface area contributed by atoms with Crippen LogP contribution in [-0.2, 0) is 11.0 Å². The molecule has 2 fully saturated rings. The number of oxazole rings is 1. The molecule has 1 aromatic carbocycles. The highest BCUT2D eigenvalue weighted by atomic mass is 16.4. The van der Waals surface area contributed by atoms with E-state index in [1.807, 2.05) is 36.1 Å². The molecule has 1 aliphatic heterocycles. The van der Waals surface area contributed by atoms with Gasteiger partial charge in [0.05, 0.1) is 17.4 Å². The van der Waals surface area contributed by atoms with Crippen LogP contribution in [0.3, 0.4) is 0 Å². The number of carbonyl (C=O) groups is 1. The average Bonchev–Trinajstić information content (AvgIpc) is 3.41. The van der Waals surface area contributed by atoms with E-state index >= 15 is 0 Å². The summed E-state index contributed by atoms with van der Waals surface area (Å²) in [5.41, 5.74) is 0.470. The molecule has 1 saturated heterocycles. The van der Waals surface area contributed by atoms with Crippen LogP contribution in [0.25, 0.3) is 0 Å². The van der Waals surface area contributed by atoms with Gasteiger partial charge in [0.1, 0.15) is 17.1 Å². The number of hydrogen-bond donors (Lipinski definition) is 1. The highest BCUT2D eigenvalue weighted by Gasteiger charge is 2.47. The Morgan fingerprint density at radius 1 is 1.38 bits per heavy atom. The summed E-state index contributed by atoms with van der Waals surface area (Å²) in [5, 5.41) is 19.9. The Bertz CT molecular complexity index is 976. The van der Waals surface area contributed by atoms with Gasteiger partial charge in [-0.2, -0.15) is 5.26 Å². The molecule has 0 bridgehead atoms. The number of nitrogens with zero attached hydrogens (tertiary/aromatic N) is 3. The molecule has 1 amide bonds. The zero-order valence-corrected chi connectivity index (χ0v) is 17.2. The first-order valence-corrected chi connectivity index (χ1v) is 10.3. The van der Waals surface area contributed by atoms with Crippen molar-refractivity contribution in [3.05, 3.63) is 52.7 Å². The molecular formula is C23H27N3O3. The molecule has 1 aromatic heterocycles. The van der Waals surface area contributed by atoms with Crippen LogP contribution in [0, 0.1) is 18.3 Å². The standard InChI is InChI=1S/C23H27N3O3/c1-15-19(22(2,3)28)25-20(29-15)16-7-6-12-26(13-16)21(27)17-8-4-5-9-18(17)23(14-24)10-11-23/h4-5,8-9,16,28H,6-7,10-13H2,1-3H3/t16-/m1/s1. The molecule has 0 radical (unpaired) electrons. The molecule has 152 valence electrons. The molecule has 2 heterocycles. The summed E-state index contributed by atoms with van der Waals surface area (Å²) in [6.45, 7) is 6.40. The number of hydrogen-bond acceptors (Lipinski definition) is 5. The lowest BCUT2D eigenvalue weighted by molar-refractivity contribution is 0.0691. The summed E-state index contributed by atoms with van der Waals surface area (Å²) in [7, 11) is 0. The lowest BCUT2D eigenvalue weighted by atomic mass is 9.91. The zero-order chi connectivity index (χ0) is 20.8. The second-order valence-corrected chi connectivity index (χ2v) is 8.85. The highest BCUT2D eigenvalue weighted by molar-refractivity contribution is 5.96. The van der Waals surface area contributed by atoms with Crippen LogP contribution >= 0.6 is 0 Å². The van der Waals surface area contributed by atoms with E-state index in [0.29, 0.717) is 36.0 Å². The van der Waals surface area contributed by atoms with Gasteiger partial charge in [-0.1, -0.05) is 18.2 Å². The Kier molecular flexibility index (Phi) is 4.74. The third-order valence-electron chi connectivity index (χ3n) is 6.09. The van der Waals surface area contributed by atoms with Crippen molar-refractivity contribution in [1.29, 1.82) is 5.26 Å². The molecule has 4 rings (SSSR count). The molecule has 2 aromatic rings. The quantitative estimate of drug-likeness (QED) is 0.853. The summed E-state index contributed by atoms with van der Waals surface area (Å²) in [5.74, 6) is 1.17. The minimum atomic E-state index is -1.06. The van der Waals surface area contributed by atoms with Gasteiger partial charge in [0.15, 0.2) is 5.89 Å². The maximum Gasteiger partial charge on any atom is 0.254 e. The summed E-state index contributed by atoms with van der Waals surface area (Å²) in [4.78, 5) is 19.7. The second-order valence-electron chi connectivity index (χ2n) is 8.85.